The van der Waals surface area contributed by atoms with Crippen molar-refractivity contribution in [1.29, 1.82) is 0 Å². The van der Waals surface area contributed by atoms with Crippen molar-refractivity contribution in [2.75, 3.05) is 0 Å². The van der Waals surface area contributed by atoms with Crippen LogP contribution in [0.25, 0.3) is 5.76 Å². The molecule has 0 N–H and O–H groups in total. The first-order valence-corrected chi connectivity index (χ1v) is 7.51. The number of allylic oxidation sites excluding steroid dienone is 1. The summed E-state index contributed by atoms with van der Waals surface area (Å²) in [5.41, 5.74) is 3.61. The average Bonchev–Trinajstić information content (AvgIpc) is 2.62. The Hall–Kier alpha value is -2.80. The topological polar surface area (TPSA) is 9.23 Å². The Morgan fingerprint density at radius 2 is 1.27 bits per heavy atom. The molecular formula is C21H16O. The Bertz CT molecular complexity index is 804. The summed E-state index contributed by atoms with van der Waals surface area (Å²) in [6.07, 6.45) is 2.22. The molecule has 1 nitrogen and oxygen atoms in total. The zero-order valence-electron chi connectivity index (χ0n) is 12.1. The predicted molar refractivity (Wildman–Crippen MR) is 89.8 cm³/mol. The molecule has 0 radical (unpaired) electrons. The largest absolute Gasteiger partial charge is 0.457 e. The maximum absolute atomic E-state index is 6.13. The highest BCUT2D eigenvalue weighted by Gasteiger charge is 2.23. The van der Waals surface area contributed by atoms with Gasteiger partial charge in [-0.2, -0.15) is 0 Å². The van der Waals surface area contributed by atoms with Crippen molar-refractivity contribution >= 4 is 5.76 Å². The number of fused-ring (bicyclic) bond motifs is 1. The van der Waals surface area contributed by atoms with E-state index in [0.717, 1.165) is 17.1 Å². The van der Waals surface area contributed by atoms with E-state index in [1.165, 1.54) is 11.1 Å². The maximum atomic E-state index is 6.13. The predicted octanol–water partition coefficient (Wildman–Crippen LogP) is 5.25. The van der Waals surface area contributed by atoms with E-state index in [0.29, 0.717) is 0 Å². The van der Waals surface area contributed by atoms with Crippen molar-refractivity contribution in [3.63, 3.8) is 0 Å². The van der Waals surface area contributed by atoms with Gasteiger partial charge in [-0.3, -0.25) is 0 Å². The van der Waals surface area contributed by atoms with E-state index in [9.17, 15) is 0 Å². The van der Waals surface area contributed by atoms with Crippen LogP contribution in [-0.4, -0.2) is 0 Å². The third-order valence-electron chi connectivity index (χ3n) is 4.01. The number of hydrogen-bond donors (Lipinski definition) is 0. The minimum atomic E-state index is 0.223. The quantitative estimate of drug-likeness (QED) is 0.624. The fraction of sp³-hybridized carbons (Fsp3) is 0.0476. The molecule has 3 aromatic carbocycles. The van der Waals surface area contributed by atoms with E-state index in [1.54, 1.807) is 0 Å². The molecule has 106 valence electrons. The summed E-state index contributed by atoms with van der Waals surface area (Å²) < 4.78 is 6.13. The number of hydrogen-bond acceptors (Lipinski definition) is 1. The van der Waals surface area contributed by atoms with Gasteiger partial charge in [-0.1, -0.05) is 78.9 Å². The molecule has 0 aliphatic carbocycles. The Morgan fingerprint density at radius 3 is 2.05 bits per heavy atom. The minimum Gasteiger partial charge on any atom is -0.457 e. The Labute approximate surface area is 130 Å². The Morgan fingerprint density at radius 1 is 0.636 bits per heavy atom. The summed E-state index contributed by atoms with van der Waals surface area (Å²) in [5, 5.41) is 0. The molecule has 3 aromatic rings. The van der Waals surface area contributed by atoms with Gasteiger partial charge in [0.2, 0.25) is 0 Å². The summed E-state index contributed by atoms with van der Waals surface area (Å²) in [6, 6.07) is 29.1. The van der Waals surface area contributed by atoms with E-state index in [4.69, 9.17) is 4.74 Å². The number of ether oxygens (including phenoxy) is 1. The molecular weight excluding hydrogens is 268 g/mol. The lowest BCUT2D eigenvalue weighted by atomic mass is 9.88. The number of rotatable bonds is 2. The lowest BCUT2D eigenvalue weighted by molar-refractivity contribution is 0.492. The molecule has 0 fully saturated rings. The van der Waals surface area contributed by atoms with Crippen molar-refractivity contribution in [3.8, 4) is 5.75 Å². The first-order valence-electron chi connectivity index (χ1n) is 7.51. The number of para-hydroxylation sites is 1. The zero-order chi connectivity index (χ0) is 14.8. The van der Waals surface area contributed by atoms with E-state index in [1.807, 2.05) is 30.3 Å². The monoisotopic (exact) mass is 284 g/mol. The zero-order valence-corrected chi connectivity index (χ0v) is 12.1. The van der Waals surface area contributed by atoms with Gasteiger partial charge in [-0.25, -0.2) is 0 Å². The van der Waals surface area contributed by atoms with Crippen LogP contribution in [0.4, 0.5) is 0 Å². The summed E-state index contributed by atoms with van der Waals surface area (Å²) in [7, 11) is 0. The molecule has 0 unspecified atom stereocenters. The normalized spacial score (nSPS) is 16.4. The molecule has 1 heteroatoms. The molecule has 0 amide bonds. The van der Waals surface area contributed by atoms with Gasteiger partial charge < -0.3 is 4.74 Å². The molecule has 0 aromatic heterocycles. The third-order valence-corrected chi connectivity index (χ3v) is 4.01. The van der Waals surface area contributed by atoms with Crippen LogP contribution < -0.4 is 4.74 Å². The van der Waals surface area contributed by atoms with Crippen LogP contribution in [0.15, 0.2) is 91.0 Å². The Balaban J connectivity index is 1.85. The Kier molecular flexibility index (Phi) is 3.24. The highest BCUT2D eigenvalue weighted by molar-refractivity contribution is 5.68. The van der Waals surface area contributed by atoms with Gasteiger partial charge in [-0.05, 0) is 17.7 Å². The fourth-order valence-corrected chi connectivity index (χ4v) is 2.92. The minimum absolute atomic E-state index is 0.223. The molecule has 1 atom stereocenters. The maximum Gasteiger partial charge on any atom is 0.131 e. The van der Waals surface area contributed by atoms with Gasteiger partial charge in [0, 0.05) is 17.0 Å². The van der Waals surface area contributed by atoms with Crippen molar-refractivity contribution in [2.45, 2.75) is 5.92 Å². The van der Waals surface area contributed by atoms with Crippen molar-refractivity contribution < 1.29 is 4.74 Å². The van der Waals surface area contributed by atoms with Crippen molar-refractivity contribution in [1.82, 2.24) is 0 Å². The molecule has 1 aliphatic rings. The van der Waals surface area contributed by atoms with Crippen LogP contribution in [0.5, 0.6) is 5.75 Å². The lowest BCUT2D eigenvalue weighted by Gasteiger charge is -2.25. The van der Waals surface area contributed by atoms with Crippen LogP contribution in [0.1, 0.15) is 22.6 Å². The molecule has 4 rings (SSSR count). The van der Waals surface area contributed by atoms with Crippen LogP contribution in [-0.2, 0) is 0 Å². The van der Waals surface area contributed by atoms with E-state index < -0.39 is 0 Å². The smallest absolute Gasteiger partial charge is 0.131 e. The van der Waals surface area contributed by atoms with Gasteiger partial charge in [0.1, 0.15) is 11.5 Å². The van der Waals surface area contributed by atoms with Gasteiger partial charge in [0.05, 0.1) is 0 Å². The first-order chi connectivity index (χ1) is 10.9. The molecule has 0 spiro atoms. The van der Waals surface area contributed by atoms with Crippen molar-refractivity contribution in [3.05, 3.63) is 108 Å². The van der Waals surface area contributed by atoms with E-state index in [-0.39, 0.29) is 5.92 Å². The van der Waals surface area contributed by atoms with Crippen LogP contribution in [0, 0.1) is 0 Å². The van der Waals surface area contributed by atoms with Gasteiger partial charge in [-0.15, -0.1) is 0 Å². The van der Waals surface area contributed by atoms with Gasteiger partial charge >= 0.3 is 0 Å². The highest BCUT2D eigenvalue weighted by Crippen LogP contribution is 2.40. The second-order valence-corrected chi connectivity index (χ2v) is 5.43. The first kappa shape index (κ1) is 12.9. The second kappa shape index (κ2) is 5.53. The van der Waals surface area contributed by atoms with E-state index in [2.05, 4.69) is 60.7 Å². The summed E-state index contributed by atoms with van der Waals surface area (Å²) in [4.78, 5) is 0. The summed E-state index contributed by atoms with van der Waals surface area (Å²) in [5.74, 6) is 2.09. The second-order valence-electron chi connectivity index (χ2n) is 5.43. The molecule has 0 bridgehead atoms. The summed E-state index contributed by atoms with van der Waals surface area (Å²) in [6.45, 7) is 0. The van der Waals surface area contributed by atoms with E-state index >= 15 is 0 Å². The molecule has 1 aliphatic heterocycles. The van der Waals surface area contributed by atoms with Gasteiger partial charge in [0.15, 0.2) is 0 Å². The third kappa shape index (κ3) is 2.31. The van der Waals surface area contributed by atoms with Crippen LogP contribution in [0.2, 0.25) is 0 Å². The summed E-state index contributed by atoms with van der Waals surface area (Å²) >= 11 is 0. The van der Waals surface area contributed by atoms with Crippen LogP contribution in [0.3, 0.4) is 0 Å². The average molecular weight is 284 g/mol. The number of benzene rings is 3. The molecule has 22 heavy (non-hydrogen) atoms. The van der Waals surface area contributed by atoms with Crippen LogP contribution >= 0.6 is 0 Å². The molecule has 1 heterocycles. The van der Waals surface area contributed by atoms with Gasteiger partial charge in [0.25, 0.3) is 0 Å². The molecule has 0 saturated heterocycles. The highest BCUT2D eigenvalue weighted by atomic mass is 16.5. The standard InChI is InChI=1S/C21H16O/c1-3-9-16(10-4-1)19-15-21(17-11-5-2-6-12-17)22-20-14-8-7-13-18(19)20/h1-15,19H/t19-/m0/s1. The fourth-order valence-electron chi connectivity index (χ4n) is 2.92. The van der Waals surface area contributed by atoms with Crippen molar-refractivity contribution in [2.24, 2.45) is 0 Å². The SMILES string of the molecule is C1=C(c2ccccc2)Oc2ccccc2[C@@H]1c1ccccc1. The molecule has 0 saturated carbocycles. The lowest BCUT2D eigenvalue weighted by Crippen LogP contribution is -2.10.